The zero-order chi connectivity index (χ0) is 17.8. The van der Waals surface area contributed by atoms with Crippen molar-refractivity contribution in [3.63, 3.8) is 0 Å². The van der Waals surface area contributed by atoms with Crippen LogP contribution >= 0.6 is 12.2 Å². The number of methoxy groups -OCH3 is 3. The molecule has 2 aromatic rings. The molecule has 0 saturated carbocycles. The van der Waals surface area contributed by atoms with Crippen LogP contribution in [0.25, 0.3) is 11.5 Å². The number of rotatable bonds is 6. The first kappa shape index (κ1) is 17.7. The molecular formula is C16H22N3O5S+. The first-order valence-corrected chi connectivity index (χ1v) is 8.36. The summed E-state index contributed by atoms with van der Waals surface area (Å²) in [7, 11) is 4.69. The normalized spacial score (nSPS) is 15.2. The molecule has 0 bridgehead atoms. The lowest BCUT2D eigenvalue weighted by Gasteiger charge is -2.22. The van der Waals surface area contributed by atoms with E-state index in [4.69, 9.17) is 35.6 Å². The van der Waals surface area contributed by atoms with Crippen LogP contribution in [0.2, 0.25) is 0 Å². The molecule has 8 nitrogen and oxygen atoms in total. The van der Waals surface area contributed by atoms with Gasteiger partial charge in [-0.3, -0.25) is 0 Å². The average Bonchev–Trinajstić information content (AvgIpc) is 3.01. The van der Waals surface area contributed by atoms with Gasteiger partial charge in [0.15, 0.2) is 18.2 Å². The summed E-state index contributed by atoms with van der Waals surface area (Å²) in [6.45, 7) is 4.00. The second-order valence-electron chi connectivity index (χ2n) is 5.61. The largest absolute Gasteiger partial charge is 0.493 e. The topological polar surface area (TPSA) is 72.3 Å². The average molecular weight is 368 g/mol. The first-order valence-electron chi connectivity index (χ1n) is 7.96. The Labute approximate surface area is 150 Å². The number of quaternary nitrogens is 1. The number of nitrogens with one attached hydrogen (secondary N) is 1. The van der Waals surface area contributed by atoms with Gasteiger partial charge in [0.05, 0.1) is 34.5 Å². The van der Waals surface area contributed by atoms with Crippen molar-refractivity contribution in [3.8, 4) is 28.7 Å². The second kappa shape index (κ2) is 7.85. The van der Waals surface area contributed by atoms with Crippen LogP contribution in [0.3, 0.4) is 0 Å². The summed E-state index contributed by atoms with van der Waals surface area (Å²) < 4.78 is 28.8. The van der Waals surface area contributed by atoms with E-state index in [1.807, 2.05) is 0 Å². The van der Waals surface area contributed by atoms with Gasteiger partial charge in [-0.2, -0.15) is 4.68 Å². The molecule has 1 aromatic heterocycles. The highest BCUT2D eigenvalue weighted by Gasteiger charge is 2.20. The third-order valence-electron chi connectivity index (χ3n) is 4.09. The van der Waals surface area contributed by atoms with Crippen LogP contribution in [0, 0.1) is 4.84 Å². The second-order valence-corrected chi connectivity index (χ2v) is 5.96. The number of nitrogens with zero attached hydrogens (tertiary/aromatic N) is 2. The fourth-order valence-corrected chi connectivity index (χ4v) is 2.94. The van der Waals surface area contributed by atoms with Gasteiger partial charge in [-0.25, -0.2) is 0 Å². The summed E-state index contributed by atoms with van der Waals surface area (Å²) in [6, 6.07) is 3.57. The van der Waals surface area contributed by atoms with Crippen molar-refractivity contribution in [1.82, 2.24) is 9.78 Å². The molecule has 1 aliphatic heterocycles. The van der Waals surface area contributed by atoms with Gasteiger partial charge in [0.2, 0.25) is 11.6 Å². The highest BCUT2D eigenvalue weighted by molar-refractivity contribution is 7.71. The molecule has 0 radical (unpaired) electrons. The Hall–Kier alpha value is -2.10. The molecule has 0 unspecified atom stereocenters. The minimum Gasteiger partial charge on any atom is -0.493 e. The van der Waals surface area contributed by atoms with Crippen molar-refractivity contribution in [3.05, 3.63) is 17.0 Å². The maximum Gasteiger partial charge on any atom is 0.292 e. The fourth-order valence-electron chi connectivity index (χ4n) is 2.76. The molecule has 136 valence electrons. The molecular weight excluding hydrogens is 346 g/mol. The van der Waals surface area contributed by atoms with Crippen LogP contribution in [0.5, 0.6) is 17.2 Å². The molecule has 9 heteroatoms. The Morgan fingerprint density at radius 3 is 2.32 bits per heavy atom. The van der Waals surface area contributed by atoms with Gasteiger partial charge in [-0.1, -0.05) is 0 Å². The van der Waals surface area contributed by atoms with Gasteiger partial charge in [-0.05, 0) is 24.4 Å². The summed E-state index contributed by atoms with van der Waals surface area (Å²) in [6.07, 6.45) is 0. The fraction of sp³-hybridized carbons (Fsp3) is 0.500. The Kier molecular flexibility index (Phi) is 5.57. The summed E-state index contributed by atoms with van der Waals surface area (Å²) >= 11 is 5.31. The number of aromatic nitrogens is 2. The van der Waals surface area contributed by atoms with Crippen LogP contribution in [0.15, 0.2) is 16.5 Å². The Balaban J connectivity index is 1.91. The van der Waals surface area contributed by atoms with E-state index in [9.17, 15) is 0 Å². The summed E-state index contributed by atoms with van der Waals surface area (Å²) in [5.74, 6) is 2.00. The van der Waals surface area contributed by atoms with Crippen molar-refractivity contribution in [2.45, 2.75) is 6.67 Å². The Bertz CT molecular complexity index is 757. The van der Waals surface area contributed by atoms with Crippen LogP contribution in [0.1, 0.15) is 0 Å². The minimum atomic E-state index is 0.336. The van der Waals surface area contributed by atoms with Gasteiger partial charge in [0, 0.05) is 5.56 Å². The lowest BCUT2D eigenvalue weighted by atomic mass is 10.2. The maximum absolute atomic E-state index is 5.68. The smallest absolute Gasteiger partial charge is 0.292 e. The monoisotopic (exact) mass is 368 g/mol. The van der Waals surface area contributed by atoms with Crippen LogP contribution in [-0.4, -0.2) is 57.4 Å². The molecule has 1 saturated heterocycles. The standard InChI is InChI=1S/C16H21N3O5S/c1-20-12-8-11(9-13(21-2)14(12)22-3)15-17-19(16(25)24-15)10-18-4-6-23-7-5-18/h8-9H,4-7,10H2,1-3H3/p+1. The third kappa shape index (κ3) is 3.78. The SMILES string of the molecule is COc1cc(-c2nn(C[NH+]3CCOCC3)c(=S)o2)cc(OC)c1OC. The molecule has 2 heterocycles. The quantitative estimate of drug-likeness (QED) is 0.755. The predicted molar refractivity (Wildman–Crippen MR) is 91.9 cm³/mol. The van der Waals surface area contributed by atoms with Gasteiger partial charge in [0.1, 0.15) is 13.1 Å². The van der Waals surface area contributed by atoms with Crippen molar-refractivity contribution < 1.29 is 28.3 Å². The highest BCUT2D eigenvalue weighted by atomic mass is 32.1. The maximum atomic E-state index is 5.68. The van der Waals surface area contributed by atoms with Crippen molar-refractivity contribution in [2.75, 3.05) is 47.6 Å². The number of hydrogen-bond acceptors (Lipinski definition) is 7. The van der Waals surface area contributed by atoms with E-state index in [1.165, 1.54) is 4.90 Å². The lowest BCUT2D eigenvalue weighted by Crippen LogP contribution is -3.13. The van der Waals surface area contributed by atoms with Crippen molar-refractivity contribution in [2.24, 2.45) is 0 Å². The van der Waals surface area contributed by atoms with Crippen LogP contribution in [0.4, 0.5) is 0 Å². The van der Waals surface area contributed by atoms with Gasteiger partial charge >= 0.3 is 0 Å². The molecule has 1 fully saturated rings. The van der Waals surface area contributed by atoms with E-state index in [2.05, 4.69) is 5.10 Å². The van der Waals surface area contributed by atoms with E-state index < -0.39 is 0 Å². The summed E-state index contributed by atoms with van der Waals surface area (Å²) in [4.78, 5) is 1.69. The van der Waals surface area contributed by atoms with Crippen molar-refractivity contribution >= 4 is 12.2 Å². The number of hydrogen-bond donors (Lipinski definition) is 1. The molecule has 0 spiro atoms. The predicted octanol–water partition coefficient (Wildman–Crippen LogP) is 0.771. The van der Waals surface area contributed by atoms with Crippen LogP contribution in [-0.2, 0) is 11.4 Å². The number of benzene rings is 1. The van der Waals surface area contributed by atoms with Crippen molar-refractivity contribution in [1.29, 1.82) is 0 Å². The highest BCUT2D eigenvalue weighted by Crippen LogP contribution is 2.40. The first-order chi connectivity index (χ1) is 12.2. The molecule has 3 rings (SSSR count). The van der Waals surface area contributed by atoms with Gasteiger partial charge in [-0.15, -0.1) is 5.10 Å². The van der Waals surface area contributed by atoms with E-state index in [0.717, 1.165) is 26.3 Å². The van der Waals surface area contributed by atoms with E-state index in [-0.39, 0.29) is 0 Å². The zero-order valence-corrected chi connectivity index (χ0v) is 15.4. The lowest BCUT2D eigenvalue weighted by molar-refractivity contribution is -0.931. The minimum absolute atomic E-state index is 0.336. The van der Waals surface area contributed by atoms with Gasteiger partial charge in [0.25, 0.3) is 4.84 Å². The molecule has 0 amide bonds. The Morgan fingerprint density at radius 2 is 1.76 bits per heavy atom. The molecule has 1 aliphatic rings. The molecule has 25 heavy (non-hydrogen) atoms. The molecule has 0 atom stereocenters. The van der Waals surface area contributed by atoms with Gasteiger partial charge < -0.3 is 28.3 Å². The third-order valence-corrected chi connectivity index (χ3v) is 4.39. The summed E-state index contributed by atoms with van der Waals surface area (Å²) in [5, 5.41) is 4.51. The van der Waals surface area contributed by atoms with E-state index in [1.54, 1.807) is 38.1 Å². The summed E-state index contributed by atoms with van der Waals surface area (Å²) in [5.41, 5.74) is 0.705. The van der Waals surface area contributed by atoms with Crippen LogP contribution < -0.4 is 19.1 Å². The molecule has 1 N–H and O–H groups in total. The number of morpholine rings is 1. The zero-order valence-electron chi connectivity index (χ0n) is 14.5. The van der Waals surface area contributed by atoms with E-state index >= 15 is 0 Å². The van der Waals surface area contributed by atoms with E-state index in [0.29, 0.717) is 40.2 Å². The molecule has 0 aliphatic carbocycles. The number of ether oxygens (including phenoxy) is 4. The Morgan fingerprint density at radius 1 is 1.12 bits per heavy atom. The molecule has 1 aromatic carbocycles.